The van der Waals surface area contributed by atoms with E-state index >= 15 is 0 Å². The first-order valence-electron chi connectivity index (χ1n) is 7.25. The lowest BCUT2D eigenvalue weighted by atomic mass is 10.3. The summed E-state index contributed by atoms with van der Waals surface area (Å²) in [6, 6.07) is 5.72. The van der Waals surface area contributed by atoms with Crippen molar-refractivity contribution in [3.05, 3.63) is 18.2 Å². The molecule has 0 fully saturated rings. The van der Waals surface area contributed by atoms with Crippen LogP contribution >= 0.6 is 11.8 Å². The van der Waals surface area contributed by atoms with Crippen LogP contribution in [0.15, 0.2) is 23.2 Å². The Morgan fingerprint density at radius 1 is 1.29 bits per heavy atom. The SMILES string of the molecule is CSCCCCN=C(N)Nc1ccc2c(c1)OCCCO2. The van der Waals surface area contributed by atoms with Crippen molar-refractivity contribution in [3.63, 3.8) is 0 Å². The largest absolute Gasteiger partial charge is 0.490 e. The Morgan fingerprint density at radius 3 is 2.90 bits per heavy atom. The molecule has 0 radical (unpaired) electrons. The van der Waals surface area contributed by atoms with Crippen molar-refractivity contribution in [3.8, 4) is 11.5 Å². The summed E-state index contributed by atoms with van der Waals surface area (Å²) in [7, 11) is 0. The van der Waals surface area contributed by atoms with Crippen molar-refractivity contribution in [1.29, 1.82) is 0 Å². The van der Waals surface area contributed by atoms with Crippen LogP contribution in [-0.2, 0) is 0 Å². The molecule has 0 aromatic heterocycles. The number of fused-ring (bicyclic) bond motifs is 1. The number of anilines is 1. The highest BCUT2D eigenvalue weighted by Gasteiger charge is 2.10. The predicted octanol–water partition coefficient (Wildman–Crippen LogP) is 2.72. The second-order valence-corrected chi connectivity index (χ2v) is 5.79. The molecule has 0 spiro atoms. The number of nitrogens with zero attached hydrogens (tertiary/aromatic N) is 1. The van der Waals surface area contributed by atoms with Gasteiger partial charge >= 0.3 is 0 Å². The molecular weight excluding hydrogens is 286 g/mol. The van der Waals surface area contributed by atoms with Gasteiger partial charge in [0.25, 0.3) is 0 Å². The second kappa shape index (κ2) is 8.67. The van der Waals surface area contributed by atoms with Crippen molar-refractivity contribution in [2.45, 2.75) is 19.3 Å². The van der Waals surface area contributed by atoms with E-state index in [2.05, 4.69) is 16.6 Å². The Kier molecular flexibility index (Phi) is 6.53. The highest BCUT2D eigenvalue weighted by Crippen LogP contribution is 2.32. The summed E-state index contributed by atoms with van der Waals surface area (Å²) in [5, 5.41) is 3.09. The fourth-order valence-electron chi connectivity index (χ4n) is 1.99. The summed E-state index contributed by atoms with van der Waals surface area (Å²) < 4.78 is 11.2. The Bertz CT molecular complexity index is 480. The van der Waals surface area contributed by atoms with Crippen LogP contribution in [0.4, 0.5) is 5.69 Å². The number of hydrogen-bond donors (Lipinski definition) is 2. The molecular formula is C15H23N3O2S. The van der Waals surface area contributed by atoms with Crippen molar-refractivity contribution in [2.24, 2.45) is 10.7 Å². The topological polar surface area (TPSA) is 68.9 Å². The summed E-state index contributed by atoms with van der Waals surface area (Å²) in [4.78, 5) is 4.32. The average molecular weight is 309 g/mol. The molecule has 1 aromatic carbocycles. The van der Waals surface area contributed by atoms with Gasteiger partial charge in [-0.05, 0) is 37.0 Å². The normalized spacial score (nSPS) is 14.6. The number of hydrogen-bond acceptors (Lipinski definition) is 4. The summed E-state index contributed by atoms with van der Waals surface area (Å²) >= 11 is 1.86. The average Bonchev–Trinajstić information content (AvgIpc) is 2.72. The van der Waals surface area contributed by atoms with Crippen LogP contribution in [0, 0.1) is 0 Å². The molecule has 0 saturated carbocycles. The predicted molar refractivity (Wildman–Crippen MR) is 89.8 cm³/mol. The molecule has 2 rings (SSSR count). The monoisotopic (exact) mass is 309 g/mol. The summed E-state index contributed by atoms with van der Waals surface area (Å²) in [6.45, 7) is 2.12. The quantitative estimate of drug-likeness (QED) is 0.480. The van der Waals surface area contributed by atoms with Crippen molar-refractivity contribution in [2.75, 3.05) is 37.1 Å². The number of nitrogens with one attached hydrogen (secondary N) is 1. The minimum atomic E-state index is 0.439. The Hall–Kier alpha value is -1.56. The van der Waals surface area contributed by atoms with E-state index in [1.165, 1.54) is 12.2 Å². The highest BCUT2D eigenvalue weighted by atomic mass is 32.2. The van der Waals surface area contributed by atoms with Crippen molar-refractivity contribution in [1.82, 2.24) is 0 Å². The van der Waals surface area contributed by atoms with E-state index in [1.54, 1.807) is 0 Å². The molecule has 21 heavy (non-hydrogen) atoms. The Balaban J connectivity index is 1.87. The van der Waals surface area contributed by atoms with Gasteiger partial charge in [-0.3, -0.25) is 4.99 Å². The third-order valence-corrected chi connectivity index (χ3v) is 3.76. The molecule has 0 saturated heterocycles. The number of nitrogens with two attached hydrogens (primary N) is 1. The second-order valence-electron chi connectivity index (χ2n) is 4.80. The lowest BCUT2D eigenvalue weighted by Gasteiger charge is -2.10. The van der Waals surface area contributed by atoms with Crippen LogP contribution in [-0.4, -0.2) is 37.7 Å². The van der Waals surface area contributed by atoms with E-state index in [4.69, 9.17) is 15.2 Å². The fourth-order valence-corrected chi connectivity index (χ4v) is 2.48. The number of guanidine groups is 1. The summed E-state index contributed by atoms with van der Waals surface area (Å²) in [5.41, 5.74) is 6.75. The summed E-state index contributed by atoms with van der Waals surface area (Å²) in [6.07, 6.45) is 5.24. The maximum Gasteiger partial charge on any atom is 0.193 e. The number of benzene rings is 1. The number of rotatable bonds is 6. The molecule has 6 heteroatoms. The number of ether oxygens (including phenoxy) is 2. The van der Waals surface area contributed by atoms with E-state index in [1.807, 2.05) is 30.0 Å². The van der Waals surface area contributed by atoms with E-state index in [0.29, 0.717) is 19.2 Å². The van der Waals surface area contributed by atoms with Gasteiger partial charge in [-0.25, -0.2) is 0 Å². The van der Waals surface area contributed by atoms with Gasteiger partial charge in [0, 0.05) is 24.7 Å². The van der Waals surface area contributed by atoms with Crippen LogP contribution in [0.5, 0.6) is 11.5 Å². The van der Waals surface area contributed by atoms with Crippen molar-refractivity contribution >= 4 is 23.4 Å². The zero-order chi connectivity index (χ0) is 14.9. The molecule has 0 atom stereocenters. The third-order valence-electron chi connectivity index (χ3n) is 3.06. The molecule has 0 unspecified atom stereocenters. The maximum absolute atomic E-state index is 5.89. The number of unbranched alkanes of at least 4 members (excludes halogenated alkanes) is 1. The van der Waals surface area contributed by atoms with Crippen molar-refractivity contribution < 1.29 is 9.47 Å². The molecule has 1 aliphatic rings. The standard InChI is InChI=1S/C15H23N3O2S/c1-21-10-3-2-7-17-15(16)18-12-5-6-13-14(11-12)20-9-4-8-19-13/h5-6,11H,2-4,7-10H2,1H3,(H3,16,17,18). The van der Waals surface area contributed by atoms with Crippen LogP contribution in [0.3, 0.4) is 0 Å². The van der Waals surface area contributed by atoms with Gasteiger partial charge in [0.2, 0.25) is 0 Å². The lowest BCUT2D eigenvalue weighted by Crippen LogP contribution is -2.22. The summed E-state index contributed by atoms with van der Waals surface area (Å²) in [5.74, 6) is 3.15. The first-order chi connectivity index (χ1) is 10.3. The van der Waals surface area contributed by atoms with Crippen LogP contribution < -0.4 is 20.5 Å². The van der Waals surface area contributed by atoms with Gasteiger partial charge < -0.3 is 20.5 Å². The first-order valence-corrected chi connectivity index (χ1v) is 8.64. The van der Waals surface area contributed by atoms with Gasteiger partial charge in [0.1, 0.15) is 0 Å². The van der Waals surface area contributed by atoms with E-state index < -0.39 is 0 Å². The molecule has 1 heterocycles. The molecule has 0 bridgehead atoms. The first kappa shape index (κ1) is 15.8. The van der Waals surface area contributed by atoms with Gasteiger partial charge in [-0.15, -0.1) is 0 Å². The number of thioether (sulfide) groups is 1. The van der Waals surface area contributed by atoms with E-state index in [-0.39, 0.29) is 0 Å². The Labute approximate surface area is 130 Å². The van der Waals surface area contributed by atoms with Crippen LogP contribution in [0.25, 0.3) is 0 Å². The highest BCUT2D eigenvalue weighted by molar-refractivity contribution is 7.98. The molecule has 0 aliphatic carbocycles. The van der Waals surface area contributed by atoms with Crippen LogP contribution in [0.2, 0.25) is 0 Å². The maximum atomic E-state index is 5.89. The van der Waals surface area contributed by atoms with Gasteiger partial charge in [-0.1, -0.05) is 0 Å². The lowest BCUT2D eigenvalue weighted by molar-refractivity contribution is 0.297. The molecule has 0 amide bonds. The van der Waals surface area contributed by atoms with Gasteiger partial charge in [0.15, 0.2) is 17.5 Å². The minimum Gasteiger partial charge on any atom is -0.490 e. The molecule has 1 aliphatic heterocycles. The zero-order valence-corrected chi connectivity index (χ0v) is 13.2. The minimum absolute atomic E-state index is 0.439. The smallest absolute Gasteiger partial charge is 0.193 e. The molecule has 3 N–H and O–H groups in total. The third kappa shape index (κ3) is 5.38. The zero-order valence-electron chi connectivity index (χ0n) is 12.4. The van der Waals surface area contributed by atoms with Gasteiger partial charge in [-0.2, -0.15) is 11.8 Å². The van der Waals surface area contributed by atoms with E-state index in [0.717, 1.165) is 36.6 Å². The van der Waals surface area contributed by atoms with Crippen LogP contribution in [0.1, 0.15) is 19.3 Å². The molecule has 5 nitrogen and oxygen atoms in total. The van der Waals surface area contributed by atoms with Gasteiger partial charge in [0.05, 0.1) is 13.2 Å². The number of aliphatic imine (C=N–C) groups is 1. The molecule has 1 aromatic rings. The Morgan fingerprint density at radius 2 is 2.10 bits per heavy atom. The van der Waals surface area contributed by atoms with E-state index in [9.17, 15) is 0 Å². The fraction of sp³-hybridized carbons (Fsp3) is 0.533. The molecule has 116 valence electrons.